The van der Waals surface area contributed by atoms with E-state index in [0.717, 1.165) is 25.7 Å². The SMILES string of the molecule is O=C(NC1CCCCCCC1)[C@@H]1CCCN(S(=O)(=O)c2ccccc2)C1. The topological polar surface area (TPSA) is 66.5 Å². The summed E-state index contributed by atoms with van der Waals surface area (Å²) in [6.45, 7) is 0.778. The van der Waals surface area contributed by atoms with Gasteiger partial charge >= 0.3 is 0 Å². The number of carbonyl (C=O) groups is 1. The zero-order chi connectivity index (χ0) is 18.4. The van der Waals surface area contributed by atoms with Crippen LogP contribution in [0.4, 0.5) is 0 Å². The highest BCUT2D eigenvalue weighted by Gasteiger charge is 2.33. The van der Waals surface area contributed by atoms with Crippen LogP contribution in [0.3, 0.4) is 0 Å². The monoisotopic (exact) mass is 378 g/mol. The number of amides is 1. The fraction of sp³-hybridized carbons (Fsp3) is 0.650. The highest BCUT2D eigenvalue weighted by molar-refractivity contribution is 7.89. The van der Waals surface area contributed by atoms with E-state index in [2.05, 4.69) is 5.32 Å². The summed E-state index contributed by atoms with van der Waals surface area (Å²) in [7, 11) is -3.52. The average Bonchev–Trinajstić information content (AvgIpc) is 2.64. The fourth-order valence-electron chi connectivity index (χ4n) is 4.04. The second-order valence-electron chi connectivity index (χ2n) is 7.57. The van der Waals surface area contributed by atoms with Crippen molar-refractivity contribution >= 4 is 15.9 Å². The largest absolute Gasteiger partial charge is 0.353 e. The molecule has 26 heavy (non-hydrogen) atoms. The van der Waals surface area contributed by atoms with Gasteiger partial charge in [-0.15, -0.1) is 0 Å². The molecule has 2 fully saturated rings. The van der Waals surface area contributed by atoms with Crippen molar-refractivity contribution in [2.24, 2.45) is 5.92 Å². The van der Waals surface area contributed by atoms with Crippen molar-refractivity contribution in [1.82, 2.24) is 9.62 Å². The Morgan fingerprint density at radius 1 is 0.923 bits per heavy atom. The quantitative estimate of drug-likeness (QED) is 0.874. The lowest BCUT2D eigenvalue weighted by molar-refractivity contribution is -0.126. The fourth-order valence-corrected chi connectivity index (χ4v) is 5.58. The Morgan fingerprint density at radius 3 is 2.27 bits per heavy atom. The lowest BCUT2D eigenvalue weighted by Gasteiger charge is -2.32. The Labute approximate surface area is 157 Å². The number of piperidine rings is 1. The Bertz CT molecular complexity index is 682. The second kappa shape index (κ2) is 9.00. The van der Waals surface area contributed by atoms with Gasteiger partial charge < -0.3 is 5.32 Å². The van der Waals surface area contributed by atoms with Gasteiger partial charge in [-0.2, -0.15) is 4.31 Å². The predicted molar refractivity (Wildman–Crippen MR) is 102 cm³/mol. The predicted octanol–water partition coefficient (Wildman–Crippen LogP) is 3.32. The van der Waals surface area contributed by atoms with Gasteiger partial charge in [0, 0.05) is 19.1 Å². The highest BCUT2D eigenvalue weighted by atomic mass is 32.2. The number of carbonyl (C=O) groups excluding carboxylic acids is 1. The normalized spacial score (nSPS) is 23.8. The molecule has 144 valence electrons. The zero-order valence-corrected chi connectivity index (χ0v) is 16.2. The molecule has 3 rings (SSSR count). The molecular formula is C20H30N2O3S. The molecule has 1 saturated carbocycles. The van der Waals surface area contributed by atoms with Crippen LogP contribution in [0.5, 0.6) is 0 Å². The molecule has 0 radical (unpaired) electrons. The first kappa shape index (κ1) is 19.4. The first-order valence-corrected chi connectivity index (χ1v) is 11.4. The van der Waals surface area contributed by atoms with Gasteiger partial charge in [-0.3, -0.25) is 4.79 Å². The van der Waals surface area contributed by atoms with Crippen molar-refractivity contribution < 1.29 is 13.2 Å². The van der Waals surface area contributed by atoms with Crippen molar-refractivity contribution in [3.05, 3.63) is 30.3 Å². The number of hydrogen-bond acceptors (Lipinski definition) is 3. The van der Waals surface area contributed by atoms with E-state index in [0.29, 0.717) is 11.4 Å². The number of nitrogens with zero attached hydrogens (tertiary/aromatic N) is 1. The third-order valence-corrected chi connectivity index (χ3v) is 7.47. The van der Waals surface area contributed by atoms with Crippen molar-refractivity contribution in [2.45, 2.75) is 68.7 Å². The van der Waals surface area contributed by atoms with Crippen molar-refractivity contribution in [1.29, 1.82) is 0 Å². The standard InChI is InChI=1S/C20H30N2O3S/c23-20(21-18-11-5-2-1-3-6-12-18)17-10-9-15-22(16-17)26(24,25)19-13-7-4-8-14-19/h4,7-8,13-14,17-18H,1-3,5-6,9-12,15-16H2,(H,21,23)/t17-/m1/s1. The van der Waals surface area contributed by atoms with Crippen molar-refractivity contribution in [3.63, 3.8) is 0 Å². The number of sulfonamides is 1. The maximum Gasteiger partial charge on any atom is 0.243 e. The highest BCUT2D eigenvalue weighted by Crippen LogP contribution is 2.24. The third kappa shape index (κ3) is 4.86. The van der Waals surface area contributed by atoms with Gasteiger partial charge in [0.2, 0.25) is 15.9 Å². The Kier molecular flexibility index (Phi) is 6.70. The minimum Gasteiger partial charge on any atom is -0.353 e. The average molecular weight is 379 g/mol. The van der Waals surface area contributed by atoms with Gasteiger partial charge in [0.1, 0.15) is 0 Å². The minimum absolute atomic E-state index is 0.0311. The molecule has 1 saturated heterocycles. The molecule has 1 N–H and O–H groups in total. The van der Waals surface area contributed by atoms with E-state index in [1.54, 1.807) is 30.3 Å². The molecule has 5 nitrogen and oxygen atoms in total. The van der Waals surface area contributed by atoms with Gasteiger partial charge in [-0.1, -0.05) is 50.3 Å². The van der Waals surface area contributed by atoms with Crippen LogP contribution < -0.4 is 5.32 Å². The molecule has 0 unspecified atom stereocenters. The summed E-state index contributed by atoms with van der Waals surface area (Å²) in [5.74, 6) is -0.212. The molecule has 0 bridgehead atoms. The van der Waals surface area contributed by atoms with E-state index in [9.17, 15) is 13.2 Å². The summed E-state index contributed by atoms with van der Waals surface area (Å²) in [6, 6.07) is 8.76. The van der Waals surface area contributed by atoms with Crippen LogP contribution in [0, 0.1) is 5.92 Å². The summed E-state index contributed by atoms with van der Waals surface area (Å²) < 4.78 is 27.1. The molecule has 0 aromatic heterocycles. The molecule has 1 aromatic rings. The maximum atomic E-state index is 12.8. The number of hydrogen-bond donors (Lipinski definition) is 1. The van der Waals surface area contributed by atoms with Crippen LogP contribution in [-0.4, -0.2) is 37.8 Å². The van der Waals surface area contributed by atoms with Crippen LogP contribution in [0.15, 0.2) is 35.2 Å². The van der Waals surface area contributed by atoms with Gasteiger partial charge in [0.15, 0.2) is 0 Å². The summed E-state index contributed by atoms with van der Waals surface area (Å²) in [4.78, 5) is 13.0. The van der Waals surface area contributed by atoms with Gasteiger partial charge in [-0.25, -0.2) is 8.42 Å². The zero-order valence-electron chi connectivity index (χ0n) is 15.4. The number of rotatable bonds is 4. The maximum absolute atomic E-state index is 12.8. The molecule has 1 aromatic carbocycles. The van der Waals surface area contributed by atoms with Gasteiger partial charge in [-0.05, 0) is 37.8 Å². The van der Waals surface area contributed by atoms with Crippen LogP contribution in [0.2, 0.25) is 0 Å². The van der Waals surface area contributed by atoms with E-state index < -0.39 is 10.0 Å². The van der Waals surface area contributed by atoms with Gasteiger partial charge in [0.05, 0.1) is 10.8 Å². The first-order valence-electron chi connectivity index (χ1n) is 9.93. The Hall–Kier alpha value is -1.40. The molecule has 1 aliphatic heterocycles. The molecular weight excluding hydrogens is 348 g/mol. The third-order valence-electron chi connectivity index (χ3n) is 5.59. The van der Waals surface area contributed by atoms with Gasteiger partial charge in [0.25, 0.3) is 0 Å². The van der Waals surface area contributed by atoms with Crippen molar-refractivity contribution in [2.75, 3.05) is 13.1 Å². The molecule has 1 atom stereocenters. The van der Waals surface area contributed by atoms with Crippen LogP contribution >= 0.6 is 0 Å². The van der Waals surface area contributed by atoms with Crippen LogP contribution in [0.1, 0.15) is 57.8 Å². The van der Waals surface area contributed by atoms with Crippen molar-refractivity contribution in [3.8, 4) is 0 Å². The smallest absolute Gasteiger partial charge is 0.243 e. The summed E-state index contributed by atoms with van der Waals surface area (Å²) >= 11 is 0. The van der Waals surface area contributed by atoms with E-state index >= 15 is 0 Å². The number of nitrogens with one attached hydrogen (secondary N) is 1. The summed E-state index contributed by atoms with van der Waals surface area (Å²) in [6.07, 6.45) is 9.73. The lowest BCUT2D eigenvalue weighted by Crippen LogP contribution is -2.47. The second-order valence-corrected chi connectivity index (χ2v) is 9.50. The molecule has 0 spiro atoms. The van der Waals surface area contributed by atoms with E-state index in [4.69, 9.17) is 0 Å². The molecule has 1 heterocycles. The van der Waals surface area contributed by atoms with Crippen LogP contribution in [-0.2, 0) is 14.8 Å². The Morgan fingerprint density at radius 2 is 1.58 bits per heavy atom. The summed E-state index contributed by atoms with van der Waals surface area (Å²) in [5, 5.41) is 3.21. The Balaban J connectivity index is 1.61. The molecule has 1 aliphatic carbocycles. The minimum atomic E-state index is -3.52. The summed E-state index contributed by atoms with van der Waals surface area (Å²) in [5.41, 5.74) is 0. The lowest BCUT2D eigenvalue weighted by atomic mass is 9.94. The molecule has 2 aliphatic rings. The van der Waals surface area contributed by atoms with E-state index in [1.807, 2.05) is 0 Å². The van der Waals surface area contributed by atoms with Crippen LogP contribution in [0.25, 0.3) is 0 Å². The molecule has 6 heteroatoms. The first-order chi connectivity index (χ1) is 12.6. The van der Waals surface area contributed by atoms with E-state index in [1.165, 1.54) is 36.4 Å². The van der Waals surface area contributed by atoms with E-state index in [-0.39, 0.29) is 24.4 Å². The molecule has 1 amide bonds. The number of benzene rings is 1.